The molecule has 0 bridgehead atoms. The number of rotatable bonds is 3. The highest BCUT2D eigenvalue weighted by atomic mass is 35.5. The summed E-state index contributed by atoms with van der Waals surface area (Å²) >= 11 is 6.70. The first-order valence-electron chi connectivity index (χ1n) is 7.10. The van der Waals surface area contributed by atoms with Crippen molar-refractivity contribution >= 4 is 11.6 Å². The van der Waals surface area contributed by atoms with Gasteiger partial charge in [0.15, 0.2) is 0 Å². The molecular weight excluding hydrogens is 218 g/mol. The maximum absolute atomic E-state index is 6.70. The van der Waals surface area contributed by atoms with E-state index in [-0.39, 0.29) is 10.4 Å². The van der Waals surface area contributed by atoms with Crippen LogP contribution in [0.1, 0.15) is 77.0 Å². The molecule has 2 heteroatoms. The zero-order valence-electron chi connectivity index (χ0n) is 10.4. The van der Waals surface area contributed by atoms with Gasteiger partial charge in [0.1, 0.15) is 0 Å². The molecule has 0 heterocycles. The van der Waals surface area contributed by atoms with Crippen LogP contribution in [0.25, 0.3) is 0 Å². The summed E-state index contributed by atoms with van der Waals surface area (Å²) in [6.45, 7) is 0. The van der Waals surface area contributed by atoms with E-state index in [0.717, 1.165) is 12.8 Å². The largest absolute Gasteiger partial charge is 0.325 e. The van der Waals surface area contributed by atoms with Crippen LogP contribution in [0, 0.1) is 0 Å². The third-order valence-corrected chi connectivity index (χ3v) is 5.24. The summed E-state index contributed by atoms with van der Waals surface area (Å²) in [7, 11) is 0. The summed E-state index contributed by atoms with van der Waals surface area (Å²) in [5, 5.41) is 0. The molecule has 2 fully saturated rings. The van der Waals surface area contributed by atoms with Gasteiger partial charge in [-0.2, -0.15) is 0 Å². The molecule has 0 aromatic heterocycles. The van der Waals surface area contributed by atoms with E-state index in [1.165, 1.54) is 64.2 Å². The summed E-state index contributed by atoms with van der Waals surface area (Å²) in [5.41, 5.74) is 6.60. The predicted octanol–water partition coefficient (Wildman–Crippen LogP) is 4.37. The number of halogens is 1. The highest BCUT2D eigenvalue weighted by Gasteiger charge is 2.34. The molecule has 0 radical (unpaired) electrons. The van der Waals surface area contributed by atoms with E-state index < -0.39 is 0 Å². The van der Waals surface area contributed by atoms with Crippen LogP contribution in [0.5, 0.6) is 0 Å². The molecule has 2 aliphatic carbocycles. The highest BCUT2D eigenvalue weighted by Crippen LogP contribution is 2.40. The summed E-state index contributed by atoms with van der Waals surface area (Å²) in [5.74, 6) is 0. The normalized spacial score (nSPS) is 28.9. The van der Waals surface area contributed by atoms with Gasteiger partial charge in [0.05, 0.1) is 0 Å². The molecule has 0 unspecified atom stereocenters. The minimum atomic E-state index is 0.0993. The van der Waals surface area contributed by atoms with Crippen LogP contribution in [0.2, 0.25) is 0 Å². The van der Waals surface area contributed by atoms with E-state index in [2.05, 4.69) is 0 Å². The van der Waals surface area contributed by atoms with E-state index in [1.54, 1.807) is 0 Å². The molecule has 0 aromatic carbocycles. The second-order valence-corrected chi connectivity index (χ2v) is 6.94. The highest BCUT2D eigenvalue weighted by molar-refractivity contribution is 6.23. The first-order chi connectivity index (χ1) is 7.62. The molecule has 16 heavy (non-hydrogen) atoms. The van der Waals surface area contributed by atoms with Crippen molar-refractivity contribution in [1.82, 2.24) is 0 Å². The molecular formula is C14H26ClN. The van der Waals surface area contributed by atoms with Crippen molar-refractivity contribution in [3.05, 3.63) is 0 Å². The van der Waals surface area contributed by atoms with Crippen molar-refractivity contribution in [2.75, 3.05) is 0 Å². The Morgan fingerprint density at radius 3 is 1.81 bits per heavy atom. The van der Waals surface area contributed by atoms with Gasteiger partial charge in [-0.15, -0.1) is 11.6 Å². The van der Waals surface area contributed by atoms with Crippen molar-refractivity contribution < 1.29 is 0 Å². The second-order valence-electron chi connectivity index (χ2n) is 6.13. The van der Waals surface area contributed by atoms with E-state index in [9.17, 15) is 0 Å². The Morgan fingerprint density at radius 2 is 1.25 bits per heavy atom. The summed E-state index contributed by atoms with van der Waals surface area (Å²) in [6.07, 6.45) is 15.2. The SMILES string of the molecule is NC1(CCC2(Cl)CCCCC2)CCCCC1. The maximum Gasteiger partial charge on any atom is 0.0447 e. The maximum atomic E-state index is 6.70. The lowest BCUT2D eigenvalue weighted by molar-refractivity contribution is 0.246. The lowest BCUT2D eigenvalue weighted by Crippen LogP contribution is -2.43. The van der Waals surface area contributed by atoms with Crippen molar-refractivity contribution in [3.8, 4) is 0 Å². The van der Waals surface area contributed by atoms with Gasteiger partial charge in [0.2, 0.25) is 0 Å². The Bertz CT molecular complexity index is 191. The molecule has 2 rings (SSSR count). The van der Waals surface area contributed by atoms with Crippen LogP contribution in [-0.2, 0) is 0 Å². The number of hydrogen-bond acceptors (Lipinski definition) is 1. The molecule has 2 aliphatic rings. The Morgan fingerprint density at radius 1 is 0.750 bits per heavy atom. The quantitative estimate of drug-likeness (QED) is 0.732. The van der Waals surface area contributed by atoms with Crippen LogP contribution in [0.4, 0.5) is 0 Å². The van der Waals surface area contributed by atoms with Crippen molar-refractivity contribution in [1.29, 1.82) is 0 Å². The number of hydrogen-bond donors (Lipinski definition) is 1. The van der Waals surface area contributed by atoms with Gasteiger partial charge in [-0.1, -0.05) is 38.5 Å². The average Bonchev–Trinajstić information content (AvgIpc) is 2.29. The lowest BCUT2D eigenvalue weighted by atomic mass is 9.75. The molecule has 1 nitrogen and oxygen atoms in total. The number of alkyl halides is 1. The van der Waals surface area contributed by atoms with Gasteiger partial charge >= 0.3 is 0 Å². The van der Waals surface area contributed by atoms with Gasteiger partial charge in [-0.25, -0.2) is 0 Å². The third-order valence-electron chi connectivity index (χ3n) is 4.67. The Labute approximate surface area is 105 Å². The molecule has 0 aromatic rings. The molecule has 0 amide bonds. The fourth-order valence-electron chi connectivity index (χ4n) is 3.41. The topological polar surface area (TPSA) is 26.0 Å². The fraction of sp³-hybridized carbons (Fsp3) is 1.00. The first-order valence-corrected chi connectivity index (χ1v) is 7.48. The van der Waals surface area contributed by atoms with Gasteiger partial charge in [0, 0.05) is 10.4 Å². The van der Waals surface area contributed by atoms with E-state index in [1.807, 2.05) is 0 Å². The van der Waals surface area contributed by atoms with Gasteiger partial charge in [0.25, 0.3) is 0 Å². The summed E-state index contributed by atoms with van der Waals surface area (Å²) < 4.78 is 0. The smallest absolute Gasteiger partial charge is 0.0447 e. The minimum Gasteiger partial charge on any atom is -0.325 e. The summed E-state index contributed by atoms with van der Waals surface area (Å²) in [6, 6.07) is 0. The first kappa shape index (κ1) is 12.7. The molecule has 2 N–H and O–H groups in total. The van der Waals surface area contributed by atoms with Crippen molar-refractivity contribution in [2.45, 2.75) is 87.5 Å². The molecule has 0 spiro atoms. The Balaban J connectivity index is 1.80. The zero-order chi connectivity index (χ0) is 11.5. The van der Waals surface area contributed by atoms with Crippen LogP contribution in [-0.4, -0.2) is 10.4 Å². The molecule has 2 saturated carbocycles. The molecule has 94 valence electrons. The Hall–Kier alpha value is 0.250. The van der Waals surface area contributed by atoms with Crippen LogP contribution >= 0.6 is 11.6 Å². The fourth-order valence-corrected chi connectivity index (χ4v) is 3.78. The monoisotopic (exact) mass is 243 g/mol. The number of nitrogens with two attached hydrogens (primary N) is 1. The standard InChI is InChI=1S/C14H26ClN/c15-13(7-3-1-4-8-13)11-12-14(16)9-5-2-6-10-14/h1-12,16H2. The molecule has 0 aliphatic heterocycles. The Kier molecular flexibility index (Phi) is 4.18. The van der Waals surface area contributed by atoms with E-state index in [0.29, 0.717) is 0 Å². The van der Waals surface area contributed by atoms with Gasteiger partial charge in [-0.3, -0.25) is 0 Å². The summed E-state index contributed by atoms with van der Waals surface area (Å²) in [4.78, 5) is 0.0993. The third kappa shape index (κ3) is 3.37. The van der Waals surface area contributed by atoms with Crippen molar-refractivity contribution in [3.63, 3.8) is 0 Å². The van der Waals surface area contributed by atoms with E-state index >= 15 is 0 Å². The minimum absolute atomic E-state index is 0.0993. The van der Waals surface area contributed by atoms with Gasteiger partial charge in [-0.05, 0) is 38.5 Å². The molecule has 0 atom stereocenters. The predicted molar refractivity (Wildman–Crippen MR) is 70.9 cm³/mol. The van der Waals surface area contributed by atoms with Crippen LogP contribution < -0.4 is 5.73 Å². The molecule has 0 saturated heterocycles. The average molecular weight is 244 g/mol. The van der Waals surface area contributed by atoms with Crippen molar-refractivity contribution in [2.24, 2.45) is 5.73 Å². The second kappa shape index (κ2) is 5.27. The van der Waals surface area contributed by atoms with Gasteiger partial charge < -0.3 is 5.73 Å². The zero-order valence-corrected chi connectivity index (χ0v) is 11.2. The van der Waals surface area contributed by atoms with Crippen LogP contribution in [0.15, 0.2) is 0 Å². The van der Waals surface area contributed by atoms with E-state index in [4.69, 9.17) is 17.3 Å². The van der Waals surface area contributed by atoms with Crippen LogP contribution in [0.3, 0.4) is 0 Å². The lowest BCUT2D eigenvalue weighted by Gasteiger charge is -2.38.